The van der Waals surface area contributed by atoms with Crippen LogP contribution < -0.4 is 0 Å². The quantitative estimate of drug-likeness (QED) is 0.735. The van der Waals surface area contributed by atoms with Crippen LogP contribution in [0.4, 0.5) is 0 Å². The molecule has 0 saturated carbocycles. The van der Waals surface area contributed by atoms with Gasteiger partial charge < -0.3 is 5.11 Å². The Hall–Kier alpha value is -0.410. The second kappa shape index (κ2) is 3.56. The van der Waals surface area contributed by atoms with Gasteiger partial charge >= 0.3 is 0 Å². The van der Waals surface area contributed by atoms with E-state index < -0.39 is 6.10 Å². The van der Waals surface area contributed by atoms with Gasteiger partial charge in [-0.3, -0.25) is 4.79 Å². The molecule has 3 heteroatoms. The van der Waals surface area contributed by atoms with Crippen LogP contribution in [0, 0.1) is 11.3 Å². The van der Waals surface area contributed by atoms with Gasteiger partial charge in [-0.2, -0.15) is 0 Å². The maximum absolute atomic E-state index is 11.4. The van der Waals surface area contributed by atoms with E-state index in [2.05, 4.69) is 22.9 Å². The summed E-state index contributed by atoms with van der Waals surface area (Å²) in [4.78, 5) is 11.4. The number of carbonyl (C=O) groups is 1. The Labute approximate surface area is 98.2 Å². The number of halogens is 1. The molecule has 0 aromatic heterocycles. The van der Waals surface area contributed by atoms with E-state index in [1.807, 2.05) is 6.92 Å². The van der Waals surface area contributed by atoms with Crippen molar-refractivity contribution in [2.24, 2.45) is 11.3 Å². The molecule has 2 aliphatic carbocycles. The number of aliphatic hydroxyl groups is 1. The lowest BCUT2D eigenvalue weighted by atomic mass is 9.62. The molecule has 0 heterocycles. The fourth-order valence-corrected chi connectivity index (χ4v) is 3.33. The third kappa shape index (κ3) is 1.62. The topological polar surface area (TPSA) is 37.3 Å². The predicted octanol–water partition coefficient (Wildman–Crippen LogP) is 2.57. The fourth-order valence-electron chi connectivity index (χ4n) is 2.49. The van der Waals surface area contributed by atoms with E-state index in [4.69, 9.17) is 0 Å². The number of aliphatic hydroxyl groups excluding tert-OH is 1. The van der Waals surface area contributed by atoms with Crippen LogP contribution in [-0.4, -0.2) is 17.0 Å². The molecular formula is C12H15BrO2. The van der Waals surface area contributed by atoms with Crippen molar-refractivity contribution in [1.29, 1.82) is 0 Å². The third-order valence-corrected chi connectivity index (χ3v) is 4.59. The summed E-state index contributed by atoms with van der Waals surface area (Å²) in [6.07, 6.45) is 4.52. The van der Waals surface area contributed by atoms with Gasteiger partial charge in [0, 0.05) is 10.9 Å². The van der Waals surface area contributed by atoms with Crippen molar-refractivity contribution in [3.8, 4) is 0 Å². The van der Waals surface area contributed by atoms with Crippen molar-refractivity contribution in [3.63, 3.8) is 0 Å². The van der Waals surface area contributed by atoms with Crippen LogP contribution in [0.25, 0.3) is 0 Å². The first-order chi connectivity index (χ1) is 6.95. The van der Waals surface area contributed by atoms with Gasteiger partial charge in [0.25, 0.3) is 0 Å². The molecule has 3 atom stereocenters. The Morgan fingerprint density at radius 1 is 1.60 bits per heavy atom. The highest BCUT2D eigenvalue weighted by Gasteiger charge is 2.44. The van der Waals surface area contributed by atoms with E-state index in [-0.39, 0.29) is 17.1 Å². The van der Waals surface area contributed by atoms with Crippen LogP contribution in [-0.2, 0) is 4.79 Å². The SMILES string of the molecule is C[C@H]1[C@H](O)C=C(Br)C2=CC(=O)CC[C@@]21C. The molecule has 2 rings (SSSR count). The Morgan fingerprint density at radius 3 is 2.93 bits per heavy atom. The molecule has 0 amide bonds. The summed E-state index contributed by atoms with van der Waals surface area (Å²) in [6.45, 7) is 4.18. The van der Waals surface area contributed by atoms with Gasteiger partial charge in [0.1, 0.15) is 0 Å². The highest BCUT2D eigenvalue weighted by molar-refractivity contribution is 9.12. The summed E-state index contributed by atoms with van der Waals surface area (Å²) in [5, 5.41) is 9.90. The van der Waals surface area contributed by atoms with Crippen LogP contribution in [0.1, 0.15) is 26.7 Å². The summed E-state index contributed by atoms with van der Waals surface area (Å²) in [5.41, 5.74) is 0.984. The number of hydrogen-bond donors (Lipinski definition) is 1. The van der Waals surface area contributed by atoms with E-state index in [0.717, 1.165) is 16.5 Å². The average Bonchev–Trinajstić information content (AvgIpc) is 2.18. The highest BCUT2D eigenvalue weighted by atomic mass is 79.9. The predicted molar refractivity (Wildman–Crippen MR) is 62.6 cm³/mol. The molecule has 0 spiro atoms. The molecule has 0 unspecified atom stereocenters. The Balaban J connectivity index is 2.53. The molecule has 2 aliphatic rings. The zero-order valence-corrected chi connectivity index (χ0v) is 10.5. The van der Waals surface area contributed by atoms with Crippen molar-refractivity contribution < 1.29 is 9.90 Å². The number of carbonyl (C=O) groups excluding carboxylic acids is 1. The van der Waals surface area contributed by atoms with Crippen LogP contribution in [0.15, 0.2) is 22.2 Å². The molecule has 0 saturated heterocycles. The second-order valence-electron chi connectivity index (χ2n) is 4.74. The maximum Gasteiger partial charge on any atom is 0.156 e. The minimum Gasteiger partial charge on any atom is -0.389 e. The van der Waals surface area contributed by atoms with Gasteiger partial charge in [-0.25, -0.2) is 0 Å². The van der Waals surface area contributed by atoms with Gasteiger partial charge in [-0.05, 0) is 35.5 Å². The summed E-state index contributed by atoms with van der Waals surface area (Å²) in [6, 6.07) is 0. The van der Waals surface area contributed by atoms with Gasteiger partial charge in [-0.15, -0.1) is 0 Å². The molecule has 0 radical (unpaired) electrons. The minimum absolute atomic E-state index is 0.0685. The summed E-state index contributed by atoms with van der Waals surface area (Å²) < 4.78 is 0.878. The number of hydrogen-bond acceptors (Lipinski definition) is 2. The van der Waals surface area contributed by atoms with Crippen molar-refractivity contribution >= 4 is 21.7 Å². The molecule has 2 nitrogen and oxygen atoms in total. The maximum atomic E-state index is 11.4. The first-order valence-corrected chi connectivity index (χ1v) is 6.05. The molecule has 15 heavy (non-hydrogen) atoms. The summed E-state index contributed by atoms with van der Waals surface area (Å²) in [7, 11) is 0. The molecule has 1 N–H and O–H groups in total. The van der Waals surface area contributed by atoms with Gasteiger partial charge in [0.2, 0.25) is 0 Å². The van der Waals surface area contributed by atoms with Crippen molar-refractivity contribution in [2.75, 3.05) is 0 Å². The first kappa shape index (κ1) is 11.1. The summed E-state index contributed by atoms with van der Waals surface area (Å²) in [5.74, 6) is 0.356. The zero-order chi connectivity index (χ0) is 11.2. The molecule has 0 fully saturated rings. The third-order valence-electron chi connectivity index (χ3n) is 3.90. The Kier molecular flexibility index (Phi) is 2.63. The van der Waals surface area contributed by atoms with Crippen molar-refractivity contribution in [1.82, 2.24) is 0 Å². The monoisotopic (exact) mass is 270 g/mol. The summed E-state index contributed by atoms with van der Waals surface area (Å²) >= 11 is 3.44. The molecule has 0 bridgehead atoms. The minimum atomic E-state index is -0.422. The van der Waals surface area contributed by atoms with E-state index in [1.54, 1.807) is 12.2 Å². The zero-order valence-electron chi connectivity index (χ0n) is 8.96. The number of fused-ring (bicyclic) bond motifs is 1. The lowest BCUT2D eigenvalue weighted by Crippen LogP contribution is -2.40. The largest absolute Gasteiger partial charge is 0.389 e. The number of rotatable bonds is 0. The van der Waals surface area contributed by atoms with E-state index >= 15 is 0 Å². The van der Waals surface area contributed by atoms with Crippen LogP contribution >= 0.6 is 15.9 Å². The fraction of sp³-hybridized carbons (Fsp3) is 0.583. The van der Waals surface area contributed by atoms with Gasteiger partial charge in [0.05, 0.1) is 6.10 Å². The molecular weight excluding hydrogens is 256 g/mol. The average molecular weight is 271 g/mol. The van der Waals surface area contributed by atoms with Crippen molar-refractivity contribution in [3.05, 3.63) is 22.2 Å². The van der Waals surface area contributed by atoms with Crippen LogP contribution in [0.2, 0.25) is 0 Å². The van der Waals surface area contributed by atoms with E-state index in [1.165, 1.54) is 0 Å². The lowest BCUT2D eigenvalue weighted by molar-refractivity contribution is -0.116. The van der Waals surface area contributed by atoms with Crippen molar-refractivity contribution in [2.45, 2.75) is 32.8 Å². The Bertz CT molecular complexity index is 370. The van der Waals surface area contributed by atoms with Gasteiger partial charge in [-0.1, -0.05) is 29.8 Å². The lowest BCUT2D eigenvalue weighted by Gasteiger charge is -2.44. The highest BCUT2D eigenvalue weighted by Crippen LogP contribution is 2.51. The van der Waals surface area contributed by atoms with Crippen LogP contribution in [0.3, 0.4) is 0 Å². The van der Waals surface area contributed by atoms with E-state index in [9.17, 15) is 9.90 Å². The Morgan fingerprint density at radius 2 is 2.27 bits per heavy atom. The first-order valence-electron chi connectivity index (χ1n) is 5.26. The normalized spacial score (nSPS) is 40.7. The molecule has 0 aliphatic heterocycles. The standard InChI is InChI=1S/C12H15BrO2/c1-7-11(15)6-10(13)9-5-8(14)3-4-12(7,9)2/h5-7,11,15H,3-4H2,1-2H3/t7-,11+,12+/m0/s1. The van der Waals surface area contributed by atoms with E-state index in [0.29, 0.717) is 6.42 Å². The van der Waals surface area contributed by atoms with Crippen LogP contribution in [0.5, 0.6) is 0 Å². The number of allylic oxidation sites excluding steroid dienone is 3. The molecule has 82 valence electrons. The van der Waals surface area contributed by atoms with Gasteiger partial charge in [0.15, 0.2) is 5.78 Å². The second-order valence-corrected chi connectivity index (χ2v) is 5.59. The molecule has 0 aromatic rings. The molecule has 0 aromatic carbocycles. The number of ketones is 1. The smallest absolute Gasteiger partial charge is 0.156 e.